The van der Waals surface area contributed by atoms with Crippen LogP contribution in [0.25, 0.3) is 16.9 Å². The molecule has 0 spiro atoms. The summed E-state index contributed by atoms with van der Waals surface area (Å²) in [5.74, 6) is -0.596. The molecule has 3 N–H and O–H groups in total. The Morgan fingerprint density at radius 1 is 0.884 bits per heavy atom. The number of imidazole rings is 1. The lowest BCUT2D eigenvalue weighted by molar-refractivity contribution is -0.139. The number of ether oxygens (including phenoxy) is 1. The fourth-order valence-corrected chi connectivity index (χ4v) is 4.40. The number of nitrogens with zero attached hydrogens (tertiary/aromatic N) is 3. The minimum Gasteiger partial charge on any atom is -0.468 e. The number of carbonyl (C=O) groups is 3. The molecule has 0 saturated carbocycles. The van der Waals surface area contributed by atoms with Gasteiger partial charge >= 0.3 is 5.97 Å². The molecule has 0 bridgehead atoms. The number of hydrogen-bond acceptors (Lipinski definition) is 7. The Labute approximate surface area is 249 Å². The van der Waals surface area contributed by atoms with Gasteiger partial charge in [-0.3, -0.25) is 14.4 Å². The smallest absolute Gasteiger partial charge is 0.325 e. The molecule has 3 aromatic carbocycles. The molecule has 0 aliphatic rings. The van der Waals surface area contributed by atoms with Crippen molar-refractivity contribution in [3.63, 3.8) is 0 Å². The van der Waals surface area contributed by atoms with E-state index in [1.54, 1.807) is 30.5 Å². The van der Waals surface area contributed by atoms with Crippen LogP contribution in [-0.4, -0.2) is 45.8 Å². The molecule has 2 aromatic heterocycles. The summed E-state index contributed by atoms with van der Waals surface area (Å²) in [5, 5.41) is 8.78. The highest BCUT2D eigenvalue weighted by Gasteiger charge is 2.15. The van der Waals surface area contributed by atoms with Crippen molar-refractivity contribution in [2.75, 3.05) is 24.3 Å². The second kappa shape index (κ2) is 12.2. The SMILES string of the molecule is COC(=O)CNC(=O)c1ccc(Nc2nc(-c3cccc(NC(=O)c4ccc(C(C)(C)C)cc4)c3)cn3ccnc23)cc1. The average Bonchev–Trinajstić information content (AvgIpc) is 3.49. The molecule has 0 saturated heterocycles. The number of nitrogens with one attached hydrogen (secondary N) is 3. The standard InChI is InChI=1S/C33H32N6O4/c1-33(2,3)24-12-8-22(9-13-24)32(42)37-26-7-5-6-23(18-26)27-20-39-17-16-34-30(39)29(38-27)36-25-14-10-21(11-15-25)31(41)35-19-28(40)43-4/h5-18,20H,19H2,1-4H3,(H,35,41)(H,36,38)(H,37,42). The van der Waals surface area contributed by atoms with Gasteiger partial charge in [0, 0.05) is 46.7 Å². The Balaban J connectivity index is 1.34. The van der Waals surface area contributed by atoms with E-state index in [0.717, 1.165) is 11.1 Å². The summed E-state index contributed by atoms with van der Waals surface area (Å²) in [6.45, 7) is 6.20. The van der Waals surface area contributed by atoms with E-state index in [2.05, 4.69) is 46.4 Å². The number of esters is 1. The molecule has 10 heteroatoms. The molecular formula is C33H32N6O4. The first-order valence-corrected chi connectivity index (χ1v) is 13.7. The summed E-state index contributed by atoms with van der Waals surface area (Å²) in [6, 6.07) is 21.9. The predicted molar refractivity (Wildman–Crippen MR) is 166 cm³/mol. The van der Waals surface area contributed by atoms with Gasteiger partial charge < -0.3 is 25.1 Å². The van der Waals surface area contributed by atoms with Crippen molar-refractivity contribution < 1.29 is 19.1 Å². The highest BCUT2D eigenvalue weighted by atomic mass is 16.5. The van der Waals surface area contributed by atoms with Crippen molar-refractivity contribution in [3.05, 3.63) is 108 Å². The molecule has 0 radical (unpaired) electrons. The molecule has 10 nitrogen and oxygen atoms in total. The van der Waals surface area contributed by atoms with Gasteiger partial charge in [-0.1, -0.05) is 45.0 Å². The van der Waals surface area contributed by atoms with Crippen molar-refractivity contribution in [3.8, 4) is 11.3 Å². The third kappa shape index (κ3) is 6.87. The minimum absolute atomic E-state index is 0.00708. The van der Waals surface area contributed by atoms with E-state index >= 15 is 0 Å². The van der Waals surface area contributed by atoms with Crippen molar-refractivity contribution in [1.29, 1.82) is 0 Å². The lowest BCUT2D eigenvalue weighted by atomic mass is 9.87. The van der Waals surface area contributed by atoms with Crippen LogP contribution in [0.3, 0.4) is 0 Å². The van der Waals surface area contributed by atoms with Gasteiger partial charge in [-0.05, 0) is 59.5 Å². The van der Waals surface area contributed by atoms with E-state index in [-0.39, 0.29) is 23.8 Å². The van der Waals surface area contributed by atoms with E-state index < -0.39 is 5.97 Å². The number of amides is 2. The minimum atomic E-state index is -0.528. The maximum Gasteiger partial charge on any atom is 0.325 e. The molecule has 2 heterocycles. The van der Waals surface area contributed by atoms with Crippen LogP contribution in [0, 0.1) is 0 Å². The van der Waals surface area contributed by atoms with Crippen molar-refractivity contribution in [2.24, 2.45) is 0 Å². The second-order valence-corrected chi connectivity index (χ2v) is 11.0. The fourth-order valence-electron chi connectivity index (χ4n) is 4.40. The van der Waals surface area contributed by atoms with Crippen molar-refractivity contribution >= 4 is 40.6 Å². The Bertz CT molecular complexity index is 1790. The molecule has 0 atom stereocenters. The molecule has 0 aliphatic heterocycles. The summed E-state index contributed by atoms with van der Waals surface area (Å²) in [5.41, 5.74) is 5.56. The molecule has 5 aromatic rings. The van der Waals surface area contributed by atoms with Crippen LogP contribution in [0.1, 0.15) is 47.1 Å². The van der Waals surface area contributed by atoms with Crippen LogP contribution in [-0.2, 0) is 14.9 Å². The molecule has 0 aliphatic carbocycles. The number of anilines is 3. The zero-order valence-corrected chi connectivity index (χ0v) is 24.3. The molecule has 0 fully saturated rings. The van der Waals surface area contributed by atoms with Crippen LogP contribution in [0.2, 0.25) is 0 Å². The third-order valence-electron chi connectivity index (χ3n) is 6.83. The topological polar surface area (TPSA) is 127 Å². The molecule has 43 heavy (non-hydrogen) atoms. The van der Waals surface area contributed by atoms with Gasteiger partial charge in [-0.25, -0.2) is 9.97 Å². The summed E-state index contributed by atoms with van der Waals surface area (Å²) in [6.07, 6.45) is 5.38. The van der Waals surface area contributed by atoms with E-state index in [9.17, 15) is 14.4 Å². The van der Waals surface area contributed by atoms with Gasteiger partial charge in [0.2, 0.25) is 0 Å². The Morgan fingerprint density at radius 2 is 1.58 bits per heavy atom. The largest absolute Gasteiger partial charge is 0.468 e. The summed E-state index contributed by atoms with van der Waals surface area (Å²) >= 11 is 0. The maximum atomic E-state index is 13.0. The average molecular weight is 577 g/mol. The number of benzene rings is 3. The molecule has 5 rings (SSSR count). The fraction of sp³-hybridized carbons (Fsp3) is 0.182. The number of hydrogen-bond donors (Lipinski definition) is 3. The van der Waals surface area contributed by atoms with E-state index in [1.807, 2.05) is 65.3 Å². The zero-order chi connectivity index (χ0) is 30.6. The van der Waals surface area contributed by atoms with E-state index in [0.29, 0.717) is 39.7 Å². The number of fused-ring (bicyclic) bond motifs is 1. The monoisotopic (exact) mass is 576 g/mol. The van der Waals surface area contributed by atoms with Crippen LogP contribution in [0.15, 0.2) is 91.4 Å². The maximum absolute atomic E-state index is 13.0. The highest BCUT2D eigenvalue weighted by Crippen LogP contribution is 2.27. The van der Waals surface area contributed by atoms with Crippen LogP contribution >= 0.6 is 0 Å². The van der Waals surface area contributed by atoms with Gasteiger partial charge in [0.25, 0.3) is 11.8 Å². The summed E-state index contributed by atoms with van der Waals surface area (Å²) < 4.78 is 6.41. The first-order chi connectivity index (χ1) is 20.6. The van der Waals surface area contributed by atoms with Gasteiger partial charge in [-0.2, -0.15) is 0 Å². The summed E-state index contributed by atoms with van der Waals surface area (Å²) in [7, 11) is 1.26. The number of methoxy groups -OCH3 is 1. The molecule has 0 unspecified atom stereocenters. The van der Waals surface area contributed by atoms with Crippen molar-refractivity contribution in [2.45, 2.75) is 26.2 Å². The molecular weight excluding hydrogens is 544 g/mol. The second-order valence-electron chi connectivity index (χ2n) is 11.0. The first-order valence-electron chi connectivity index (χ1n) is 13.7. The first kappa shape index (κ1) is 29.0. The number of rotatable bonds is 8. The summed E-state index contributed by atoms with van der Waals surface area (Å²) in [4.78, 5) is 45.8. The molecule has 218 valence electrons. The predicted octanol–water partition coefficient (Wildman–Crippen LogP) is 5.59. The lowest BCUT2D eigenvalue weighted by Gasteiger charge is -2.19. The normalized spacial score (nSPS) is 11.2. The molecule has 2 amide bonds. The quantitative estimate of drug-likeness (QED) is 0.206. The van der Waals surface area contributed by atoms with Gasteiger partial charge in [0.1, 0.15) is 6.54 Å². The highest BCUT2D eigenvalue weighted by molar-refractivity contribution is 6.04. The number of aromatic nitrogens is 3. The van der Waals surface area contributed by atoms with Crippen LogP contribution < -0.4 is 16.0 Å². The Hall–Kier alpha value is -5.51. The van der Waals surface area contributed by atoms with Gasteiger partial charge in [0.15, 0.2) is 11.5 Å². The van der Waals surface area contributed by atoms with Gasteiger partial charge in [-0.15, -0.1) is 0 Å². The van der Waals surface area contributed by atoms with Gasteiger partial charge in [0.05, 0.1) is 12.8 Å². The van der Waals surface area contributed by atoms with Crippen molar-refractivity contribution in [1.82, 2.24) is 19.7 Å². The number of carbonyl (C=O) groups excluding carboxylic acids is 3. The van der Waals surface area contributed by atoms with Crippen LogP contribution in [0.5, 0.6) is 0 Å². The Morgan fingerprint density at radius 3 is 2.28 bits per heavy atom. The third-order valence-corrected chi connectivity index (χ3v) is 6.83. The van der Waals surface area contributed by atoms with E-state index in [4.69, 9.17) is 4.98 Å². The van der Waals surface area contributed by atoms with Crippen LogP contribution in [0.4, 0.5) is 17.2 Å². The van der Waals surface area contributed by atoms with E-state index in [1.165, 1.54) is 7.11 Å². The Kier molecular flexibility index (Phi) is 8.20. The lowest BCUT2D eigenvalue weighted by Crippen LogP contribution is -2.30. The zero-order valence-electron chi connectivity index (χ0n) is 24.3.